The van der Waals surface area contributed by atoms with Gasteiger partial charge < -0.3 is 11.1 Å². The molecule has 1 heterocycles. The molecule has 1 fully saturated rings. The molecule has 2 rings (SSSR count). The highest BCUT2D eigenvalue weighted by molar-refractivity contribution is 5.76. The normalized spacial score (nSPS) is 18.4. The fourth-order valence-corrected chi connectivity index (χ4v) is 2.90. The van der Waals surface area contributed by atoms with Crippen LogP contribution in [-0.2, 0) is 4.79 Å². The second kappa shape index (κ2) is 8.15. The molecule has 1 aromatic rings. The van der Waals surface area contributed by atoms with Crippen LogP contribution in [0.25, 0.3) is 0 Å². The number of piperidine rings is 1. The van der Waals surface area contributed by atoms with Gasteiger partial charge in [-0.25, -0.2) is 0 Å². The topological polar surface area (TPSA) is 58.4 Å². The molecule has 116 valence electrons. The van der Waals surface area contributed by atoms with Gasteiger partial charge in [0, 0.05) is 19.5 Å². The SMILES string of the molecule is CC1CCN(C(CNC(=O)CCN)c2ccccc2)CC1. The molecule has 1 aliphatic rings. The summed E-state index contributed by atoms with van der Waals surface area (Å²) in [6.45, 7) is 5.60. The number of benzene rings is 1. The van der Waals surface area contributed by atoms with E-state index in [-0.39, 0.29) is 11.9 Å². The first-order valence-electron chi connectivity index (χ1n) is 7.96. The number of nitrogens with one attached hydrogen (secondary N) is 1. The Morgan fingerprint density at radius 1 is 1.33 bits per heavy atom. The van der Waals surface area contributed by atoms with E-state index in [1.165, 1.54) is 18.4 Å². The first-order chi connectivity index (χ1) is 10.2. The fourth-order valence-electron chi connectivity index (χ4n) is 2.90. The Morgan fingerprint density at radius 2 is 2.00 bits per heavy atom. The quantitative estimate of drug-likeness (QED) is 0.841. The van der Waals surface area contributed by atoms with Gasteiger partial charge in [-0.3, -0.25) is 9.69 Å². The monoisotopic (exact) mass is 289 g/mol. The Kier molecular flexibility index (Phi) is 6.21. The van der Waals surface area contributed by atoms with Crippen molar-refractivity contribution in [2.75, 3.05) is 26.2 Å². The van der Waals surface area contributed by atoms with E-state index in [0.717, 1.165) is 19.0 Å². The molecule has 0 spiro atoms. The average Bonchev–Trinajstić information content (AvgIpc) is 2.50. The molecule has 0 saturated carbocycles. The molecule has 4 nitrogen and oxygen atoms in total. The van der Waals surface area contributed by atoms with Crippen LogP contribution in [0.1, 0.15) is 37.8 Å². The van der Waals surface area contributed by atoms with Crippen LogP contribution in [0, 0.1) is 5.92 Å². The van der Waals surface area contributed by atoms with Crippen molar-refractivity contribution in [3.63, 3.8) is 0 Å². The van der Waals surface area contributed by atoms with E-state index in [1.807, 2.05) is 6.07 Å². The summed E-state index contributed by atoms with van der Waals surface area (Å²) in [7, 11) is 0. The maximum absolute atomic E-state index is 11.7. The van der Waals surface area contributed by atoms with E-state index in [9.17, 15) is 4.79 Å². The number of likely N-dealkylation sites (tertiary alicyclic amines) is 1. The third kappa shape index (κ3) is 4.83. The van der Waals surface area contributed by atoms with Gasteiger partial charge in [0.15, 0.2) is 0 Å². The first kappa shape index (κ1) is 16.0. The van der Waals surface area contributed by atoms with Gasteiger partial charge >= 0.3 is 0 Å². The molecular weight excluding hydrogens is 262 g/mol. The second-order valence-electron chi connectivity index (χ2n) is 5.99. The Morgan fingerprint density at radius 3 is 2.62 bits per heavy atom. The molecule has 0 aliphatic carbocycles. The molecule has 0 bridgehead atoms. The van der Waals surface area contributed by atoms with E-state index in [0.29, 0.717) is 19.5 Å². The number of carbonyl (C=O) groups is 1. The summed E-state index contributed by atoms with van der Waals surface area (Å²) in [5.74, 6) is 0.855. The lowest BCUT2D eigenvalue weighted by molar-refractivity contribution is -0.121. The minimum absolute atomic E-state index is 0.0452. The highest BCUT2D eigenvalue weighted by Gasteiger charge is 2.24. The zero-order valence-corrected chi connectivity index (χ0v) is 12.9. The van der Waals surface area contributed by atoms with Crippen molar-refractivity contribution >= 4 is 5.91 Å². The molecule has 1 atom stereocenters. The fraction of sp³-hybridized carbons (Fsp3) is 0.588. The first-order valence-corrected chi connectivity index (χ1v) is 7.96. The number of hydrogen-bond donors (Lipinski definition) is 2. The van der Waals surface area contributed by atoms with Crippen molar-refractivity contribution < 1.29 is 4.79 Å². The van der Waals surface area contributed by atoms with Crippen molar-refractivity contribution in [2.45, 2.75) is 32.2 Å². The van der Waals surface area contributed by atoms with Crippen LogP contribution < -0.4 is 11.1 Å². The molecule has 1 aliphatic heterocycles. The minimum atomic E-state index is 0.0452. The van der Waals surface area contributed by atoms with Gasteiger partial charge in [-0.1, -0.05) is 37.3 Å². The zero-order chi connectivity index (χ0) is 15.1. The van der Waals surface area contributed by atoms with Gasteiger partial charge in [0.05, 0.1) is 6.04 Å². The van der Waals surface area contributed by atoms with Gasteiger partial charge in [-0.05, 0) is 37.4 Å². The maximum Gasteiger partial charge on any atom is 0.221 e. The molecule has 1 aromatic carbocycles. The third-order valence-electron chi connectivity index (χ3n) is 4.31. The number of hydrogen-bond acceptors (Lipinski definition) is 3. The molecule has 1 unspecified atom stereocenters. The van der Waals surface area contributed by atoms with Crippen LogP contribution in [0.5, 0.6) is 0 Å². The van der Waals surface area contributed by atoms with Crippen LogP contribution in [0.3, 0.4) is 0 Å². The van der Waals surface area contributed by atoms with Crippen molar-refractivity contribution in [1.29, 1.82) is 0 Å². The minimum Gasteiger partial charge on any atom is -0.354 e. The molecule has 21 heavy (non-hydrogen) atoms. The Labute approximate surface area is 127 Å². The molecule has 1 saturated heterocycles. The number of rotatable bonds is 6. The predicted octanol–water partition coefficient (Wildman–Crippen LogP) is 1.92. The number of carbonyl (C=O) groups excluding carboxylic acids is 1. The second-order valence-corrected chi connectivity index (χ2v) is 5.99. The summed E-state index contributed by atoms with van der Waals surface area (Å²) < 4.78 is 0. The van der Waals surface area contributed by atoms with Crippen molar-refractivity contribution in [1.82, 2.24) is 10.2 Å². The van der Waals surface area contributed by atoms with Crippen LogP contribution >= 0.6 is 0 Å². The third-order valence-corrected chi connectivity index (χ3v) is 4.31. The van der Waals surface area contributed by atoms with E-state index >= 15 is 0 Å². The van der Waals surface area contributed by atoms with Crippen molar-refractivity contribution in [3.05, 3.63) is 35.9 Å². The standard InChI is InChI=1S/C17H27N3O/c1-14-8-11-20(12-9-14)16(13-19-17(21)7-10-18)15-5-3-2-4-6-15/h2-6,14,16H,7-13,18H2,1H3,(H,19,21). The van der Waals surface area contributed by atoms with Gasteiger partial charge in [0.25, 0.3) is 0 Å². The molecule has 1 amide bonds. The van der Waals surface area contributed by atoms with Crippen LogP contribution in [0.2, 0.25) is 0 Å². The largest absolute Gasteiger partial charge is 0.354 e. The highest BCUT2D eigenvalue weighted by atomic mass is 16.1. The molecular formula is C17H27N3O. The summed E-state index contributed by atoms with van der Waals surface area (Å²) in [6.07, 6.45) is 2.87. The lowest BCUT2D eigenvalue weighted by atomic mass is 9.95. The molecule has 4 heteroatoms. The van der Waals surface area contributed by atoms with E-state index in [4.69, 9.17) is 5.73 Å². The lowest BCUT2D eigenvalue weighted by Gasteiger charge is -2.37. The highest BCUT2D eigenvalue weighted by Crippen LogP contribution is 2.26. The molecule has 3 N–H and O–H groups in total. The lowest BCUT2D eigenvalue weighted by Crippen LogP contribution is -2.42. The smallest absolute Gasteiger partial charge is 0.221 e. The van der Waals surface area contributed by atoms with Crippen LogP contribution in [0.15, 0.2) is 30.3 Å². The summed E-state index contributed by atoms with van der Waals surface area (Å²) in [5, 5.41) is 3.03. The average molecular weight is 289 g/mol. The Bertz CT molecular complexity index is 427. The van der Waals surface area contributed by atoms with Crippen LogP contribution in [-0.4, -0.2) is 37.0 Å². The van der Waals surface area contributed by atoms with E-state index in [1.54, 1.807) is 0 Å². The number of amides is 1. The summed E-state index contributed by atoms with van der Waals surface area (Å²) in [4.78, 5) is 14.2. The summed E-state index contributed by atoms with van der Waals surface area (Å²) in [5.41, 5.74) is 6.71. The predicted molar refractivity (Wildman–Crippen MR) is 85.8 cm³/mol. The molecule has 0 radical (unpaired) electrons. The van der Waals surface area contributed by atoms with Crippen LogP contribution in [0.4, 0.5) is 0 Å². The van der Waals surface area contributed by atoms with Gasteiger partial charge in [-0.15, -0.1) is 0 Å². The number of nitrogens with zero attached hydrogens (tertiary/aromatic N) is 1. The Balaban J connectivity index is 2.02. The summed E-state index contributed by atoms with van der Waals surface area (Å²) >= 11 is 0. The Hall–Kier alpha value is -1.39. The van der Waals surface area contributed by atoms with Gasteiger partial charge in [0.1, 0.15) is 0 Å². The molecule has 0 aromatic heterocycles. The van der Waals surface area contributed by atoms with Gasteiger partial charge in [-0.2, -0.15) is 0 Å². The van der Waals surface area contributed by atoms with Crippen molar-refractivity contribution in [3.8, 4) is 0 Å². The van der Waals surface area contributed by atoms with Crippen molar-refractivity contribution in [2.24, 2.45) is 11.7 Å². The number of nitrogens with two attached hydrogens (primary N) is 1. The van der Waals surface area contributed by atoms with E-state index in [2.05, 4.69) is 41.4 Å². The summed E-state index contributed by atoms with van der Waals surface area (Å²) in [6, 6.07) is 10.7. The maximum atomic E-state index is 11.7. The van der Waals surface area contributed by atoms with Gasteiger partial charge in [0.2, 0.25) is 5.91 Å². The zero-order valence-electron chi connectivity index (χ0n) is 12.9. The van der Waals surface area contributed by atoms with E-state index < -0.39 is 0 Å².